The summed E-state index contributed by atoms with van der Waals surface area (Å²) in [4.78, 5) is 14.9. The number of benzene rings is 1. The maximum atomic E-state index is 13.1. The number of amides is 1. The Labute approximate surface area is 156 Å². The zero-order chi connectivity index (χ0) is 18.3. The van der Waals surface area contributed by atoms with Gasteiger partial charge in [-0.2, -0.15) is 20.5 Å². The molecule has 0 fully saturated rings. The number of halogens is 1. The van der Waals surface area contributed by atoms with Crippen LogP contribution in [0.25, 0.3) is 0 Å². The van der Waals surface area contributed by atoms with Crippen LogP contribution < -0.4 is 0 Å². The zero-order valence-electron chi connectivity index (χ0n) is 14.7. The number of hydrogen-bond acceptors (Lipinski definition) is 4. The Morgan fingerprint density at radius 2 is 2.00 bits per heavy atom. The van der Waals surface area contributed by atoms with E-state index >= 15 is 0 Å². The van der Waals surface area contributed by atoms with Crippen molar-refractivity contribution in [2.75, 3.05) is 6.54 Å². The van der Waals surface area contributed by atoms with E-state index in [1.165, 1.54) is 0 Å². The zero-order valence-corrected chi connectivity index (χ0v) is 15.4. The predicted octanol–water partition coefficient (Wildman–Crippen LogP) is 2.52. The maximum Gasteiger partial charge on any atom is 0.257 e. The highest BCUT2D eigenvalue weighted by molar-refractivity contribution is 6.31. The van der Waals surface area contributed by atoms with Crippen LogP contribution >= 0.6 is 11.6 Å². The molecule has 0 unspecified atom stereocenters. The molecule has 3 aromatic rings. The Hall–Kier alpha value is -2.67. The van der Waals surface area contributed by atoms with Crippen molar-refractivity contribution in [2.45, 2.75) is 33.4 Å². The second-order valence-corrected chi connectivity index (χ2v) is 6.90. The summed E-state index contributed by atoms with van der Waals surface area (Å²) in [6.45, 7) is 5.43. The number of H-pyrrole nitrogens is 1. The molecule has 0 aliphatic carbocycles. The van der Waals surface area contributed by atoms with Crippen LogP contribution in [0.5, 0.6) is 0 Å². The molecule has 0 bridgehead atoms. The van der Waals surface area contributed by atoms with E-state index in [4.69, 9.17) is 11.6 Å². The molecule has 1 amide bonds. The molecule has 26 heavy (non-hydrogen) atoms. The molecule has 134 valence electrons. The molecular weight excluding hydrogens is 352 g/mol. The van der Waals surface area contributed by atoms with Crippen LogP contribution in [-0.4, -0.2) is 42.5 Å². The molecule has 1 aliphatic rings. The molecule has 0 spiro atoms. The van der Waals surface area contributed by atoms with Crippen molar-refractivity contribution in [3.63, 3.8) is 0 Å². The van der Waals surface area contributed by atoms with Gasteiger partial charge < -0.3 is 4.90 Å². The normalized spacial score (nSPS) is 13.7. The van der Waals surface area contributed by atoms with Gasteiger partial charge in [0.05, 0.1) is 30.0 Å². The smallest absolute Gasteiger partial charge is 0.257 e. The lowest BCUT2D eigenvalue weighted by Crippen LogP contribution is -2.36. The van der Waals surface area contributed by atoms with E-state index in [2.05, 4.69) is 20.5 Å². The number of aryl methyl sites for hydroxylation is 1. The highest BCUT2D eigenvalue weighted by Gasteiger charge is 2.28. The van der Waals surface area contributed by atoms with Crippen LogP contribution in [0, 0.1) is 13.8 Å². The molecule has 1 N–H and O–H groups in total. The number of aromatic nitrogens is 5. The van der Waals surface area contributed by atoms with E-state index in [1.54, 1.807) is 0 Å². The summed E-state index contributed by atoms with van der Waals surface area (Å²) >= 11 is 6.26. The Morgan fingerprint density at radius 1 is 1.23 bits per heavy atom. The number of nitrogens with one attached hydrogen (secondary N) is 1. The highest BCUT2D eigenvalue weighted by atomic mass is 35.5. The van der Waals surface area contributed by atoms with Gasteiger partial charge in [-0.05, 0) is 25.5 Å². The van der Waals surface area contributed by atoms with E-state index in [9.17, 15) is 4.79 Å². The van der Waals surface area contributed by atoms with E-state index in [1.807, 2.05) is 47.7 Å². The van der Waals surface area contributed by atoms with Crippen molar-refractivity contribution in [1.29, 1.82) is 0 Å². The van der Waals surface area contributed by atoms with Gasteiger partial charge in [0.15, 0.2) is 0 Å². The van der Waals surface area contributed by atoms with E-state index in [0.717, 1.165) is 28.3 Å². The maximum absolute atomic E-state index is 13.1. The molecule has 3 heterocycles. The Morgan fingerprint density at radius 3 is 2.81 bits per heavy atom. The highest BCUT2D eigenvalue weighted by Crippen LogP contribution is 2.23. The minimum atomic E-state index is -0.0148. The fourth-order valence-electron chi connectivity index (χ4n) is 3.38. The average Bonchev–Trinajstić information content (AvgIpc) is 3.20. The number of carbonyl (C=O) groups is 1. The quantitative estimate of drug-likeness (QED) is 0.768. The topological polar surface area (TPSA) is 79.7 Å². The fourth-order valence-corrected chi connectivity index (χ4v) is 3.58. The Bertz CT molecular complexity index is 976. The van der Waals surface area contributed by atoms with Crippen LogP contribution in [-0.2, 0) is 19.5 Å². The second kappa shape index (κ2) is 6.57. The first-order chi connectivity index (χ1) is 12.5. The summed E-state index contributed by atoms with van der Waals surface area (Å²) in [5.74, 6) is -0.0148. The fraction of sp³-hybridized carbons (Fsp3) is 0.333. The molecule has 7 nitrogen and oxygen atoms in total. The van der Waals surface area contributed by atoms with E-state index in [0.29, 0.717) is 36.6 Å². The summed E-state index contributed by atoms with van der Waals surface area (Å²) in [5.41, 5.74) is 4.98. The van der Waals surface area contributed by atoms with Crippen molar-refractivity contribution in [3.05, 3.63) is 63.2 Å². The molecule has 0 saturated carbocycles. The number of fused-ring (bicyclic) bond motifs is 1. The molecule has 0 atom stereocenters. The van der Waals surface area contributed by atoms with Crippen LogP contribution in [0.15, 0.2) is 24.3 Å². The lowest BCUT2D eigenvalue weighted by Gasteiger charge is -2.25. The van der Waals surface area contributed by atoms with Gasteiger partial charge in [0.25, 0.3) is 5.91 Å². The first-order valence-corrected chi connectivity index (χ1v) is 8.87. The standard InChI is InChI=1S/C18H19ClN6O/c1-11-17(18(26)24-8-7-15-16(10-24)21-23-20-15)12(2)25(22-11)9-13-5-3-4-6-14(13)19/h3-6H,7-10H2,1-2H3,(H,20,21,23). The molecule has 1 aliphatic heterocycles. The first kappa shape index (κ1) is 16.8. The molecule has 4 rings (SSSR count). The monoisotopic (exact) mass is 370 g/mol. The first-order valence-electron chi connectivity index (χ1n) is 8.50. The third-order valence-electron chi connectivity index (χ3n) is 4.82. The summed E-state index contributed by atoms with van der Waals surface area (Å²) < 4.78 is 1.84. The van der Waals surface area contributed by atoms with Crippen molar-refractivity contribution >= 4 is 17.5 Å². The molecule has 0 saturated heterocycles. The molecule has 2 aromatic heterocycles. The van der Waals surface area contributed by atoms with Gasteiger partial charge in [0, 0.05) is 23.7 Å². The van der Waals surface area contributed by atoms with Crippen LogP contribution in [0.4, 0.5) is 0 Å². The van der Waals surface area contributed by atoms with Gasteiger partial charge in [-0.15, -0.1) is 0 Å². The SMILES string of the molecule is Cc1nn(Cc2ccccc2Cl)c(C)c1C(=O)N1CCc2n[nH]nc2C1. The average molecular weight is 371 g/mol. The summed E-state index contributed by atoms with van der Waals surface area (Å²) in [5, 5.41) is 16.1. The van der Waals surface area contributed by atoms with Crippen LogP contribution in [0.2, 0.25) is 5.02 Å². The molecule has 1 aromatic carbocycles. The second-order valence-electron chi connectivity index (χ2n) is 6.49. The molecule has 0 radical (unpaired) electrons. The Balaban J connectivity index is 1.60. The van der Waals surface area contributed by atoms with Gasteiger partial charge in [-0.1, -0.05) is 29.8 Å². The van der Waals surface area contributed by atoms with Gasteiger partial charge in [-0.3, -0.25) is 9.48 Å². The third-order valence-corrected chi connectivity index (χ3v) is 5.19. The van der Waals surface area contributed by atoms with Gasteiger partial charge >= 0.3 is 0 Å². The van der Waals surface area contributed by atoms with Gasteiger partial charge in [0.1, 0.15) is 5.69 Å². The van der Waals surface area contributed by atoms with Crippen molar-refractivity contribution < 1.29 is 4.79 Å². The van der Waals surface area contributed by atoms with Crippen LogP contribution in [0.1, 0.15) is 38.7 Å². The van der Waals surface area contributed by atoms with Gasteiger partial charge in [-0.25, -0.2) is 0 Å². The third kappa shape index (κ3) is 2.88. The molecule has 8 heteroatoms. The summed E-state index contributed by atoms with van der Waals surface area (Å²) in [6.07, 6.45) is 0.712. The van der Waals surface area contributed by atoms with Crippen LogP contribution in [0.3, 0.4) is 0 Å². The minimum absolute atomic E-state index is 0.0148. The largest absolute Gasteiger partial charge is 0.332 e. The van der Waals surface area contributed by atoms with E-state index < -0.39 is 0 Å². The van der Waals surface area contributed by atoms with E-state index in [-0.39, 0.29) is 5.91 Å². The van der Waals surface area contributed by atoms with Gasteiger partial charge in [0.2, 0.25) is 0 Å². The lowest BCUT2D eigenvalue weighted by atomic mass is 10.1. The van der Waals surface area contributed by atoms with Crippen molar-refractivity contribution in [1.82, 2.24) is 30.1 Å². The predicted molar refractivity (Wildman–Crippen MR) is 97.1 cm³/mol. The summed E-state index contributed by atoms with van der Waals surface area (Å²) in [7, 11) is 0. The number of nitrogens with zero attached hydrogens (tertiary/aromatic N) is 5. The van der Waals surface area contributed by atoms with Crippen molar-refractivity contribution in [3.8, 4) is 0 Å². The number of carbonyl (C=O) groups excluding carboxylic acids is 1. The Kier molecular flexibility index (Phi) is 4.24. The summed E-state index contributed by atoms with van der Waals surface area (Å²) in [6, 6.07) is 7.67. The molecular formula is C18H19ClN6O. The lowest BCUT2D eigenvalue weighted by molar-refractivity contribution is 0.0730. The number of rotatable bonds is 3. The minimum Gasteiger partial charge on any atom is -0.332 e. The van der Waals surface area contributed by atoms with Crippen molar-refractivity contribution in [2.24, 2.45) is 0 Å². The number of aromatic amines is 1. The number of hydrogen-bond donors (Lipinski definition) is 1.